The first-order valence-electron chi connectivity index (χ1n) is 10.7. The third-order valence-corrected chi connectivity index (χ3v) is 5.29. The van der Waals surface area contributed by atoms with Gasteiger partial charge in [-0.1, -0.05) is 36.4 Å². The number of hydrogen-bond acceptors (Lipinski definition) is 4. The molecule has 0 bridgehead atoms. The van der Waals surface area contributed by atoms with Crippen LogP contribution in [0.2, 0.25) is 0 Å². The van der Waals surface area contributed by atoms with Gasteiger partial charge in [0.15, 0.2) is 5.96 Å². The highest BCUT2D eigenvalue weighted by molar-refractivity contribution is 14.0. The van der Waals surface area contributed by atoms with Crippen LogP contribution in [0.3, 0.4) is 0 Å². The second-order valence-corrected chi connectivity index (χ2v) is 7.51. The van der Waals surface area contributed by atoms with Crippen molar-refractivity contribution < 1.29 is 9.47 Å². The van der Waals surface area contributed by atoms with Crippen LogP contribution < -0.4 is 15.4 Å². The summed E-state index contributed by atoms with van der Waals surface area (Å²) in [6, 6.07) is 14.8. The lowest BCUT2D eigenvalue weighted by molar-refractivity contribution is 0.0341. The highest BCUT2D eigenvalue weighted by Gasteiger charge is 2.12. The minimum atomic E-state index is 0. The van der Waals surface area contributed by atoms with Gasteiger partial charge in [0.05, 0.1) is 26.9 Å². The lowest BCUT2D eigenvalue weighted by atomic mass is 10.1. The topological polar surface area (TPSA) is 58.1 Å². The Hall–Kier alpha value is -1.84. The summed E-state index contributed by atoms with van der Waals surface area (Å²) in [4.78, 5) is 7.22. The maximum atomic E-state index is 5.47. The van der Waals surface area contributed by atoms with Crippen LogP contribution in [-0.4, -0.2) is 50.8 Å². The van der Waals surface area contributed by atoms with E-state index >= 15 is 0 Å². The van der Waals surface area contributed by atoms with Gasteiger partial charge in [0, 0.05) is 32.7 Å². The molecule has 1 heterocycles. The minimum Gasteiger partial charge on any atom is -0.496 e. The Kier molecular flexibility index (Phi) is 11.1. The molecule has 1 saturated heterocycles. The first kappa shape index (κ1) is 25.4. The van der Waals surface area contributed by atoms with Gasteiger partial charge < -0.3 is 20.1 Å². The summed E-state index contributed by atoms with van der Waals surface area (Å²) in [6.45, 7) is 10.9. The van der Waals surface area contributed by atoms with Gasteiger partial charge in [-0.05, 0) is 42.2 Å². The van der Waals surface area contributed by atoms with E-state index in [1.807, 2.05) is 6.07 Å². The standard InChI is InChI=1S/C24H34N4O2.HI/c1-4-25-24(26-16-20-9-10-23(29-3)19(2)15-20)27-17-21-7-5-6-8-22(21)18-28-11-13-30-14-12-28;/h5-10,15H,4,11-14,16-18H2,1-3H3,(H2,25,26,27);1H. The molecule has 0 atom stereocenters. The highest BCUT2D eigenvalue weighted by Crippen LogP contribution is 2.19. The molecule has 2 N–H and O–H groups in total. The van der Waals surface area contributed by atoms with Crippen LogP contribution >= 0.6 is 24.0 Å². The number of ether oxygens (including phenoxy) is 2. The van der Waals surface area contributed by atoms with Crippen molar-refractivity contribution in [1.82, 2.24) is 15.5 Å². The van der Waals surface area contributed by atoms with Crippen molar-refractivity contribution in [2.75, 3.05) is 40.0 Å². The zero-order valence-corrected chi connectivity index (χ0v) is 21.1. The van der Waals surface area contributed by atoms with Crippen molar-refractivity contribution in [2.24, 2.45) is 4.99 Å². The Morgan fingerprint density at radius 2 is 1.84 bits per heavy atom. The molecule has 0 unspecified atom stereocenters. The summed E-state index contributed by atoms with van der Waals surface area (Å²) in [7, 11) is 1.70. The van der Waals surface area contributed by atoms with Crippen LogP contribution in [0.5, 0.6) is 5.75 Å². The lowest BCUT2D eigenvalue weighted by Gasteiger charge is -2.27. The number of rotatable bonds is 8. The van der Waals surface area contributed by atoms with Crippen molar-refractivity contribution in [2.45, 2.75) is 33.5 Å². The number of nitrogens with zero attached hydrogens (tertiary/aromatic N) is 2. The summed E-state index contributed by atoms with van der Waals surface area (Å²) in [5.41, 5.74) is 4.95. The molecule has 1 fully saturated rings. The van der Waals surface area contributed by atoms with E-state index in [0.717, 1.165) is 63.2 Å². The predicted octanol–water partition coefficient (Wildman–Crippen LogP) is 3.71. The molecule has 0 aliphatic carbocycles. The fourth-order valence-corrected chi connectivity index (χ4v) is 3.61. The number of morpholine rings is 1. The van der Waals surface area contributed by atoms with Gasteiger partial charge in [0.2, 0.25) is 0 Å². The molecule has 0 amide bonds. The van der Waals surface area contributed by atoms with Crippen LogP contribution in [-0.2, 0) is 24.4 Å². The molecular formula is C24H35IN4O2. The van der Waals surface area contributed by atoms with E-state index in [1.165, 1.54) is 16.7 Å². The SMILES string of the molecule is CCNC(=NCc1ccc(OC)c(C)c1)NCc1ccccc1CN1CCOCC1.I. The number of hydrogen-bond donors (Lipinski definition) is 2. The molecule has 0 spiro atoms. The number of guanidine groups is 1. The second-order valence-electron chi connectivity index (χ2n) is 7.51. The molecule has 0 aromatic heterocycles. The largest absolute Gasteiger partial charge is 0.496 e. The van der Waals surface area contributed by atoms with Crippen LogP contribution in [0.25, 0.3) is 0 Å². The normalized spacial score (nSPS) is 14.6. The van der Waals surface area contributed by atoms with Crippen molar-refractivity contribution >= 4 is 29.9 Å². The average Bonchev–Trinajstić information content (AvgIpc) is 2.77. The van der Waals surface area contributed by atoms with Crippen molar-refractivity contribution in [1.29, 1.82) is 0 Å². The van der Waals surface area contributed by atoms with E-state index in [0.29, 0.717) is 6.54 Å². The summed E-state index contributed by atoms with van der Waals surface area (Å²) in [5, 5.41) is 6.84. The second kappa shape index (κ2) is 13.5. The maximum Gasteiger partial charge on any atom is 0.191 e. The van der Waals surface area contributed by atoms with E-state index in [4.69, 9.17) is 14.5 Å². The maximum absolute atomic E-state index is 5.47. The van der Waals surface area contributed by atoms with Crippen molar-refractivity contribution in [3.05, 3.63) is 64.7 Å². The van der Waals surface area contributed by atoms with Gasteiger partial charge in [-0.15, -0.1) is 24.0 Å². The van der Waals surface area contributed by atoms with E-state index in [1.54, 1.807) is 7.11 Å². The van der Waals surface area contributed by atoms with E-state index in [2.05, 4.69) is 65.8 Å². The van der Waals surface area contributed by atoms with Crippen LogP contribution in [0.1, 0.15) is 29.2 Å². The number of aryl methyl sites for hydroxylation is 1. The number of benzene rings is 2. The predicted molar refractivity (Wildman–Crippen MR) is 137 cm³/mol. The van der Waals surface area contributed by atoms with Crippen molar-refractivity contribution in [3.8, 4) is 5.75 Å². The Balaban J connectivity index is 0.00000341. The van der Waals surface area contributed by atoms with Gasteiger partial charge in [0.1, 0.15) is 5.75 Å². The minimum absolute atomic E-state index is 0. The van der Waals surface area contributed by atoms with Crippen LogP contribution in [0, 0.1) is 6.92 Å². The van der Waals surface area contributed by atoms with E-state index < -0.39 is 0 Å². The monoisotopic (exact) mass is 538 g/mol. The molecule has 2 aromatic rings. The van der Waals surface area contributed by atoms with E-state index in [9.17, 15) is 0 Å². The molecule has 6 nitrogen and oxygen atoms in total. The first-order valence-corrected chi connectivity index (χ1v) is 10.7. The molecule has 7 heteroatoms. The van der Waals surface area contributed by atoms with Gasteiger partial charge in [-0.3, -0.25) is 4.90 Å². The van der Waals surface area contributed by atoms with Crippen LogP contribution in [0.4, 0.5) is 0 Å². The third-order valence-electron chi connectivity index (χ3n) is 5.29. The summed E-state index contributed by atoms with van der Waals surface area (Å²) < 4.78 is 10.8. The Morgan fingerprint density at radius 3 is 2.52 bits per heavy atom. The summed E-state index contributed by atoms with van der Waals surface area (Å²) in [5.74, 6) is 1.73. The van der Waals surface area contributed by atoms with Crippen molar-refractivity contribution in [3.63, 3.8) is 0 Å². The number of methoxy groups -OCH3 is 1. The number of nitrogens with one attached hydrogen (secondary N) is 2. The molecule has 1 aliphatic heterocycles. The average molecular weight is 538 g/mol. The Morgan fingerprint density at radius 1 is 1.10 bits per heavy atom. The van der Waals surface area contributed by atoms with Crippen LogP contribution in [0.15, 0.2) is 47.5 Å². The molecule has 1 aliphatic rings. The highest BCUT2D eigenvalue weighted by atomic mass is 127. The third kappa shape index (κ3) is 7.97. The lowest BCUT2D eigenvalue weighted by Crippen LogP contribution is -2.38. The fraction of sp³-hybridized carbons (Fsp3) is 0.458. The Labute approximate surface area is 203 Å². The van der Waals surface area contributed by atoms with Gasteiger partial charge in [-0.25, -0.2) is 4.99 Å². The number of halogens is 1. The summed E-state index contributed by atoms with van der Waals surface area (Å²) >= 11 is 0. The fourth-order valence-electron chi connectivity index (χ4n) is 3.61. The van der Waals surface area contributed by atoms with Gasteiger partial charge in [0.25, 0.3) is 0 Å². The smallest absolute Gasteiger partial charge is 0.191 e. The Bertz CT molecular complexity index is 838. The molecule has 2 aromatic carbocycles. The molecule has 31 heavy (non-hydrogen) atoms. The summed E-state index contributed by atoms with van der Waals surface area (Å²) in [6.07, 6.45) is 0. The van der Waals surface area contributed by atoms with Gasteiger partial charge >= 0.3 is 0 Å². The molecule has 0 radical (unpaired) electrons. The van der Waals surface area contributed by atoms with E-state index in [-0.39, 0.29) is 24.0 Å². The quantitative estimate of drug-likeness (QED) is 0.305. The zero-order chi connectivity index (χ0) is 21.2. The van der Waals surface area contributed by atoms with Gasteiger partial charge in [-0.2, -0.15) is 0 Å². The molecular weight excluding hydrogens is 503 g/mol. The molecule has 0 saturated carbocycles. The number of aliphatic imine (C=N–C) groups is 1. The first-order chi connectivity index (χ1) is 14.7. The molecule has 3 rings (SSSR count). The molecule has 170 valence electrons. The zero-order valence-electron chi connectivity index (χ0n) is 18.8.